The first-order valence-corrected chi connectivity index (χ1v) is 6.58. The van der Waals surface area contributed by atoms with Crippen LogP contribution in [0.2, 0.25) is 0 Å². The third kappa shape index (κ3) is 3.95. The van der Waals surface area contributed by atoms with Crippen LogP contribution in [0.15, 0.2) is 24.3 Å². The Morgan fingerprint density at radius 2 is 2.11 bits per heavy atom. The van der Waals surface area contributed by atoms with Gasteiger partial charge in [-0.1, -0.05) is 32.1 Å². The number of anilines is 1. The first-order chi connectivity index (χ1) is 8.36. The first-order valence-electron chi connectivity index (χ1n) is 6.17. The molecule has 0 saturated carbocycles. The molecule has 2 nitrogen and oxygen atoms in total. The largest absolute Gasteiger partial charge is 0.393 e. The molecule has 0 bridgehead atoms. The summed E-state index contributed by atoms with van der Waals surface area (Å²) >= 11 is 5.06. The van der Waals surface area contributed by atoms with Crippen LogP contribution in [0.3, 0.4) is 0 Å². The Hall–Kier alpha value is -1.16. The van der Waals surface area contributed by atoms with E-state index < -0.39 is 0 Å². The van der Waals surface area contributed by atoms with Gasteiger partial charge in [0.15, 0.2) is 0 Å². The number of halogens is 1. The van der Waals surface area contributed by atoms with Crippen LogP contribution in [0, 0.1) is 11.2 Å². The summed E-state index contributed by atoms with van der Waals surface area (Å²) in [6, 6.07) is 6.65. The summed E-state index contributed by atoms with van der Waals surface area (Å²) in [5.74, 6) is -0.209. The molecule has 0 unspecified atom stereocenters. The van der Waals surface area contributed by atoms with Crippen LogP contribution in [0.25, 0.3) is 0 Å². The number of nitrogens with two attached hydrogens (primary N) is 1. The zero-order chi connectivity index (χ0) is 13.8. The zero-order valence-electron chi connectivity index (χ0n) is 11.2. The van der Waals surface area contributed by atoms with Crippen molar-refractivity contribution in [1.29, 1.82) is 0 Å². The van der Waals surface area contributed by atoms with Crippen LogP contribution >= 0.6 is 12.2 Å². The van der Waals surface area contributed by atoms with E-state index in [2.05, 4.69) is 11.8 Å². The van der Waals surface area contributed by atoms with E-state index in [1.54, 1.807) is 12.1 Å². The Labute approximate surface area is 114 Å². The molecule has 1 aromatic carbocycles. The van der Waals surface area contributed by atoms with Gasteiger partial charge in [-0.3, -0.25) is 0 Å². The fraction of sp³-hybridized carbons (Fsp3) is 0.500. The Morgan fingerprint density at radius 1 is 1.44 bits per heavy atom. The van der Waals surface area contributed by atoms with Crippen LogP contribution in [0.1, 0.15) is 27.2 Å². The molecular formula is C14H21FN2S. The van der Waals surface area contributed by atoms with E-state index in [-0.39, 0.29) is 11.2 Å². The maximum absolute atomic E-state index is 13.2. The van der Waals surface area contributed by atoms with Gasteiger partial charge in [0.2, 0.25) is 0 Å². The maximum Gasteiger partial charge on any atom is 0.125 e. The lowest BCUT2D eigenvalue weighted by molar-refractivity contribution is 0.477. The van der Waals surface area contributed by atoms with Crippen molar-refractivity contribution in [3.63, 3.8) is 0 Å². The van der Waals surface area contributed by atoms with E-state index in [4.69, 9.17) is 18.0 Å². The average Bonchev–Trinajstić information content (AvgIpc) is 2.29. The van der Waals surface area contributed by atoms with Gasteiger partial charge < -0.3 is 10.6 Å². The van der Waals surface area contributed by atoms with Crippen molar-refractivity contribution in [2.24, 2.45) is 11.1 Å². The quantitative estimate of drug-likeness (QED) is 0.802. The Bertz CT molecular complexity index is 418. The summed E-state index contributed by atoms with van der Waals surface area (Å²) in [7, 11) is 0. The van der Waals surface area contributed by atoms with E-state index in [9.17, 15) is 4.39 Å². The van der Waals surface area contributed by atoms with E-state index in [1.165, 1.54) is 6.07 Å². The summed E-state index contributed by atoms with van der Waals surface area (Å²) in [4.78, 5) is 2.65. The number of nitrogens with zero attached hydrogens (tertiary/aromatic N) is 1. The number of hydrogen-bond donors (Lipinski definition) is 1. The topological polar surface area (TPSA) is 29.3 Å². The lowest BCUT2D eigenvalue weighted by Gasteiger charge is -2.29. The second-order valence-electron chi connectivity index (χ2n) is 5.06. The molecule has 0 aromatic heterocycles. The van der Waals surface area contributed by atoms with Crippen LogP contribution < -0.4 is 10.6 Å². The minimum absolute atomic E-state index is 0.171. The van der Waals surface area contributed by atoms with Crippen molar-refractivity contribution in [3.8, 4) is 0 Å². The highest BCUT2D eigenvalue weighted by molar-refractivity contribution is 7.80. The highest BCUT2D eigenvalue weighted by Gasteiger charge is 2.22. The molecule has 0 heterocycles. The zero-order valence-corrected chi connectivity index (χ0v) is 12.1. The van der Waals surface area contributed by atoms with E-state index >= 15 is 0 Å². The third-order valence-electron chi connectivity index (χ3n) is 3.23. The van der Waals surface area contributed by atoms with Gasteiger partial charge in [-0.15, -0.1) is 0 Å². The van der Waals surface area contributed by atoms with Gasteiger partial charge in [-0.05, 0) is 31.5 Å². The van der Waals surface area contributed by atoms with Crippen molar-refractivity contribution >= 4 is 22.9 Å². The van der Waals surface area contributed by atoms with Crippen LogP contribution in [-0.2, 0) is 0 Å². The standard InChI is InChI=1S/C14H21FN2S/c1-4-17(9-8-14(2,3)13(16)18)12-7-5-6-11(15)10-12/h5-7,10H,4,8-9H2,1-3H3,(H2,16,18). The summed E-state index contributed by atoms with van der Waals surface area (Å²) in [6.45, 7) is 7.77. The molecule has 0 amide bonds. The van der Waals surface area contributed by atoms with Crippen molar-refractivity contribution in [3.05, 3.63) is 30.1 Å². The van der Waals surface area contributed by atoms with Gasteiger partial charge in [0.1, 0.15) is 5.82 Å². The van der Waals surface area contributed by atoms with Crippen molar-refractivity contribution < 1.29 is 4.39 Å². The molecule has 1 aromatic rings. The van der Waals surface area contributed by atoms with E-state index in [0.29, 0.717) is 4.99 Å². The predicted molar refractivity (Wildman–Crippen MR) is 79.5 cm³/mol. The van der Waals surface area contributed by atoms with Gasteiger partial charge in [-0.2, -0.15) is 0 Å². The second-order valence-corrected chi connectivity index (χ2v) is 5.50. The molecular weight excluding hydrogens is 247 g/mol. The van der Waals surface area contributed by atoms with E-state index in [1.807, 2.05) is 19.9 Å². The fourth-order valence-electron chi connectivity index (χ4n) is 1.68. The Balaban J connectivity index is 2.72. The fourth-order valence-corrected chi connectivity index (χ4v) is 1.78. The molecule has 2 N–H and O–H groups in total. The lowest BCUT2D eigenvalue weighted by atomic mass is 9.89. The van der Waals surface area contributed by atoms with Crippen LogP contribution in [-0.4, -0.2) is 18.1 Å². The SMILES string of the molecule is CCN(CCC(C)(C)C(N)=S)c1cccc(F)c1. The molecule has 0 aliphatic rings. The molecule has 0 radical (unpaired) electrons. The van der Waals surface area contributed by atoms with Gasteiger partial charge >= 0.3 is 0 Å². The lowest BCUT2D eigenvalue weighted by Crippen LogP contribution is -2.35. The monoisotopic (exact) mass is 268 g/mol. The molecule has 4 heteroatoms. The van der Waals surface area contributed by atoms with Crippen molar-refractivity contribution in [1.82, 2.24) is 0 Å². The third-order valence-corrected chi connectivity index (χ3v) is 3.78. The molecule has 1 rings (SSSR count). The highest BCUT2D eigenvalue weighted by Crippen LogP contribution is 2.23. The summed E-state index contributed by atoms with van der Waals surface area (Å²) < 4.78 is 13.2. The Kier molecular flexibility index (Phi) is 5.08. The van der Waals surface area contributed by atoms with Crippen LogP contribution in [0.5, 0.6) is 0 Å². The van der Waals surface area contributed by atoms with Gasteiger partial charge in [0, 0.05) is 24.2 Å². The molecule has 18 heavy (non-hydrogen) atoms. The number of benzene rings is 1. The summed E-state index contributed by atoms with van der Waals surface area (Å²) in [5.41, 5.74) is 6.44. The molecule has 0 aliphatic heterocycles. The number of thiocarbonyl (C=S) groups is 1. The number of rotatable bonds is 6. The van der Waals surface area contributed by atoms with Crippen LogP contribution in [0.4, 0.5) is 10.1 Å². The normalized spacial score (nSPS) is 11.3. The molecule has 0 aliphatic carbocycles. The van der Waals surface area contributed by atoms with Gasteiger partial charge in [-0.25, -0.2) is 4.39 Å². The van der Waals surface area contributed by atoms with Gasteiger partial charge in [0.05, 0.1) is 4.99 Å². The molecule has 0 atom stereocenters. The smallest absolute Gasteiger partial charge is 0.125 e. The minimum Gasteiger partial charge on any atom is -0.393 e. The minimum atomic E-state index is -0.209. The van der Waals surface area contributed by atoms with Gasteiger partial charge in [0.25, 0.3) is 0 Å². The van der Waals surface area contributed by atoms with Crippen molar-refractivity contribution in [2.75, 3.05) is 18.0 Å². The first kappa shape index (κ1) is 14.9. The maximum atomic E-state index is 13.2. The highest BCUT2D eigenvalue weighted by atomic mass is 32.1. The summed E-state index contributed by atoms with van der Waals surface area (Å²) in [6.07, 6.45) is 0.854. The molecule has 0 saturated heterocycles. The number of hydrogen-bond acceptors (Lipinski definition) is 2. The summed E-state index contributed by atoms with van der Waals surface area (Å²) in [5, 5.41) is 0. The second kappa shape index (κ2) is 6.14. The predicted octanol–water partition coefficient (Wildman–Crippen LogP) is 3.35. The molecule has 0 spiro atoms. The average molecular weight is 268 g/mol. The molecule has 100 valence electrons. The van der Waals surface area contributed by atoms with Crippen molar-refractivity contribution in [2.45, 2.75) is 27.2 Å². The Morgan fingerprint density at radius 3 is 2.61 bits per heavy atom. The molecule has 0 fully saturated rings. The van der Waals surface area contributed by atoms with E-state index in [0.717, 1.165) is 25.2 Å².